The molecule has 1 unspecified atom stereocenters. The van der Waals surface area contributed by atoms with E-state index in [4.69, 9.17) is 4.74 Å². The highest BCUT2D eigenvalue weighted by atomic mass is 16.5. The first-order chi connectivity index (χ1) is 7.72. The Morgan fingerprint density at radius 3 is 2.75 bits per heavy atom. The smallest absolute Gasteiger partial charge is 0.0774 e. The van der Waals surface area contributed by atoms with Gasteiger partial charge in [0.15, 0.2) is 0 Å². The van der Waals surface area contributed by atoms with Crippen molar-refractivity contribution in [2.24, 2.45) is 5.92 Å². The number of likely N-dealkylation sites (tertiary alicyclic amines) is 1. The highest BCUT2D eigenvalue weighted by Crippen LogP contribution is 2.30. The van der Waals surface area contributed by atoms with Gasteiger partial charge in [0.2, 0.25) is 0 Å². The normalized spacial score (nSPS) is 30.8. The van der Waals surface area contributed by atoms with Gasteiger partial charge in [-0.2, -0.15) is 0 Å². The van der Waals surface area contributed by atoms with E-state index in [1.807, 2.05) is 0 Å². The molecule has 0 aromatic carbocycles. The second-order valence-corrected chi connectivity index (χ2v) is 5.63. The SMILES string of the molecule is COCC1CCN(CC2(O)CCCCC2)C1. The van der Waals surface area contributed by atoms with Crippen molar-refractivity contribution >= 4 is 0 Å². The summed E-state index contributed by atoms with van der Waals surface area (Å²) in [5, 5.41) is 10.5. The predicted molar refractivity (Wildman–Crippen MR) is 64.5 cm³/mol. The highest BCUT2D eigenvalue weighted by Gasteiger charge is 2.33. The molecule has 94 valence electrons. The molecule has 0 bridgehead atoms. The maximum absolute atomic E-state index is 10.5. The molecule has 0 amide bonds. The molecule has 2 aliphatic rings. The standard InChI is InChI=1S/C13H25NO2/c1-16-10-12-5-8-14(9-12)11-13(15)6-3-2-4-7-13/h12,15H,2-11H2,1H3. The van der Waals surface area contributed by atoms with Crippen LogP contribution < -0.4 is 0 Å². The number of aliphatic hydroxyl groups is 1. The molecule has 2 rings (SSSR count). The van der Waals surface area contributed by atoms with Crippen LogP contribution in [0.15, 0.2) is 0 Å². The summed E-state index contributed by atoms with van der Waals surface area (Å²) in [7, 11) is 1.78. The van der Waals surface area contributed by atoms with E-state index >= 15 is 0 Å². The Kier molecular flexibility index (Phi) is 4.22. The van der Waals surface area contributed by atoms with Gasteiger partial charge < -0.3 is 14.7 Å². The quantitative estimate of drug-likeness (QED) is 0.792. The summed E-state index contributed by atoms with van der Waals surface area (Å²) >= 11 is 0. The molecular weight excluding hydrogens is 202 g/mol. The predicted octanol–water partition coefficient (Wildman–Crippen LogP) is 1.65. The summed E-state index contributed by atoms with van der Waals surface area (Å²) in [6.07, 6.45) is 6.92. The third-order valence-corrected chi connectivity index (χ3v) is 4.07. The number of rotatable bonds is 4. The Morgan fingerprint density at radius 1 is 1.31 bits per heavy atom. The van der Waals surface area contributed by atoms with Crippen LogP contribution in [0.1, 0.15) is 38.5 Å². The number of β-amino-alcohol motifs (C(OH)–C–C–N with tert-alkyl or cyclic N) is 1. The molecule has 1 atom stereocenters. The first-order valence-corrected chi connectivity index (χ1v) is 6.65. The number of hydrogen-bond acceptors (Lipinski definition) is 3. The molecule has 0 radical (unpaired) electrons. The van der Waals surface area contributed by atoms with E-state index in [9.17, 15) is 5.11 Å². The van der Waals surface area contributed by atoms with Crippen LogP contribution >= 0.6 is 0 Å². The second kappa shape index (κ2) is 5.48. The maximum Gasteiger partial charge on any atom is 0.0774 e. The number of hydrogen-bond donors (Lipinski definition) is 1. The summed E-state index contributed by atoms with van der Waals surface area (Å²) in [5.41, 5.74) is -0.389. The minimum Gasteiger partial charge on any atom is -0.389 e. The summed E-state index contributed by atoms with van der Waals surface area (Å²) in [6, 6.07) is 0. The molecule has 0 aromatic rings. The highest BCUT2D eigenvalue weighted by molar-refractivity contribution is 4.88. The summed E-state index contributed by atoms with van der Waals surface area (Å²) < 4.78 is 5.20. The van der Waals surface area contributed by atoms with Crippen LogP contribution in [0.3, 0.4) is 0 Å². The molecule has 1 aliphatic carbocycles. The van der Waals surface area contributed by atoms with E-state index in [0.29, 0.717) is 5.92 Å². The molecule has 3 heteroatoms. The Morgan fingerprint density at radius 2 is 2.06 bits per heavy atom. The lowest BCUT2D eigenvalue weighted by molar-refractivity contribution is -0.0226. The van der Waals surface area contributed by atoms with Crippen molar-refractivity contribution in [1.29, 1.82) is 0 Å². The van der Waals surface area contributed by atoms with Crippen LogP contribution in [0, 0.1) is 5.92 Å². The van der Waals surface area contributed by atoms with E-state index in [2.05, 4.69) is 4.90 Å². The van der Waals surface area contributed by atoms with Crippen LogP contribution in [-0.2, 0) is 4.74 Å². The monoisotopic (exact) mass is 227 g/mol. The van der Waals surface area contributed by atoms with Gasteiger partial charge in [-0.3, -0.25) is 0 Å². The zero-order valence-electron chi connectivity index (χ0n) is 10.5. The van der Waals surface area contributed by atoms with Crippen molar-refractivity contribution in [3.8, 4) is 0 Å². The lowest BCUT2D eigenvalue weighted by Crippen LogP contribution is -2.43. The number of methoxy groups -OCH3 is 1. The zero-order valence-corrected chi connectivity index (χ0v) is 10.5. The van der Waals surface area contributed by atoms with Gasteiger partial charge in [-0.1, -0.05) is 19.3 Å². The first kappa shape index (κ1) is 12.3. The van der Waals surface area contributed by atoms with Gasteiger partial charge in [0.1, 0.15) is 0 Å². The molecule has 1 saturated heterocycles. The van der Waals surface area contributed by atoms with E-state index in [1.54, 1.807) is 7.11 Å². The Hall–Kier alpha value is -0.120. The third-order valence-electron chi connectivity index (χ3n) is 4.07. The Balaban J connectivity index is 1.77. The maximum atomic E-state index is 10.5. The van der Waals surface area contributed by atoms with Gasteiger partial charge in [-0.05, 0) is 31.7 Å². The van der Waals surface area contributed by atoms with Crippen molar-refractivity contribution in [1.82, 2.24) is 4.90 Å². The second-order valence-electron chi connectivity index (χ2n) is 5.63. The number of nitrogens with zero attached hydrogens (tertiary/aromatic N) is 1. The van der Waals surface area contributed by atoms with Crippen molar-refractivity contribution in [2.75, 3.05) is 33.4 Å². The van der Waals surface area contributed by atoms with Gasteiger partial charge in [0.05, 0.1) is 12.2 Å². The van der Waals surface area contributed by atoms with Gasteiger partial charge in [0, 0.05) is 20.2 Å². The van der Waals surface area contributed by atoms with E-state index in [-0.39, 0.29) is 5.60 Å². The fraction of sp³-hybridized carbons (Fsp3) is 1.00. The van der Waals surface area contributed by atoms with E-state index < -0.39 is 0 Å². The third kappa shape index (κ3) is 3.19. The summed E-state index contributed by atoms with van der Waals surface area (Å²) in [6.45, 7) is 3.99. The summed E-state index contributed by atoms with van der Waals surface area (Å²) in [4.78, 5) is 2.43. The van der Waals surface area contributed by atoms with Gasteiger partial charge in [0.25, 0.3) is 0 Å². The van der Waals surface area contributed by atoms with Crippen LogP contribution in [-0.4, -0.2) is 49.0 Å². The fourth-order valence-corrected chi connectivity index (χ4v) is 3.21. The molecule has 3 nitrogen and oxygen atoms in total. The largest absolute Gasteiger partial charge is 0.389 e. The van der Waals surface area contributed by atoms with Crippen LogP contribution in [0.4, 0.5) is 0 Å². The lowest BCUT2D eigenvalue weighted by Gasteiger charge is -2.35. The molecule has 1 N–H and O–H groups in total. The minimum atomic E-state index is -0.389. The van der Waals surface area contributed by atoms with Crippen LogP contribution in [0.5, 0.6) is 0 Å². The average Bonchev–Trinajstić information content (AvgIpc) is 2.66. The molecule has 2 fully saturated rings. The summed E-state index contributed by atoms with van der Waals surface area (Å²) in [5.74, 6) is 0.678. The van der Waals surface area contributed by atoms with E-state index in [0.717, 1.165) is 39.1 Å². The van der Waals surface area contributed by atoms with Crippen LogP contribution in [0.25, 0.3) is 0 Å². The molecule has 16 heavy (non-hydrogen) atoms. The van der Waals surface area contributed by atoms with Crippen LogP contribution in [0.2, 0.25) is 0 Å². The van der Waals surface area contributed by atoms with Crippen molar-refractivity contribution in [3.63, 3.8) is 0 Å². The zero-order chi connectivity index (χ0) is 11.4. The van der Waals surface area contributed by atoms with Gasteiger partial charge in [-0.25, -0.2) is 0 Å². The molecule has 1 aliphatic heterocycles. The van der Waals surface area contributed by atoms with Crippen molar-refractivity contribution < 1.29 is 9.84 Å². The molecule has 0 aromatic heterocycles. The van der Waals surface area contributed by atoms with Crippen molar-refractivity contribution in [2.45, 2.75) is 44.1 Å². The van der Waals surface area contributed by atoms with Gasteiger partial charge >= 0.3 is 0 Å². The number of ether oxygens (including phenoxy) is 1. The fourth-order valence-electron chi connectivity index (χ4n) is 3.21. The molecular formula is C13H25NO2. The Labute approximate surface area is 98.8 Å². The first-order valence-electron chi connectivity index (χ1n) is 6.65. The average molecular weight is 227 g/mol. The minimum absolute atomic E-state index is 0.389. The Bertz CT molecular complexity index is 214. The molecule has 1 heterocycles. The molecule has 1 saturated carbocycles. The topological polar surface area (TPSA) is 32.7 Å². The van der Waals surface area contributed by atoms with Gasteiger partial charge in [-0.15, -0.1) is 0 Å². The molecule has 0 spiro atoms. The van der Waals surface area contributed by atoms with Crippen molar-refractivity contribution in [3.05, 3.63) is 0 Å². The lowest BCUT2D eigenvalue weighted by atomic mass is 9.84. The van der Waals surface area contributed by atoms with E-state index in [1.165, 1.54) is 25.7 Å².